The van der Waals surface area contributed by atoms with Crippen LogP contribution in [0.3, 0.4) is 0 Å². The van der Waals surface area contributed by atoms with Crippen LogP contribution in [0.25, 0.3) is 5.65 Å². The predicted molar refractivity (Wildman–Crippen MR) is 121 cm³/mol. The molecule has 0 atom stereocenters. The summed E-state index contributed by atoms with van der Waals surface area (Å²) in [5.41, 5.74) is 2.22. The van der Waals surface area contributed by atoms with Crippen LogP contribution in [-0.2, 0) is 6.42 Å². The first-order valence-corrected chi connectivity index (χ1v) is 11.2. The second kappa shape index (κ2) is 8.96. The fourth-order valence-electron chi connectivity index (χ4n) is 3.70. The van der Waals surface area contributed by atoms with E-state index in [2.05, 4.69) is 17.2 Å². The van der Waals surface area contributed by atoms with Gasteiger partial charge in [0.15, 0.2) is 0 Å². The van der Waals surface area contributed by atoms with Crippen molar-refractivity contribution in [3.05, 3.63) is 58.4 Å². The maximum Gasteiger partial charge on any atom is 0.274 e. The quantitative estimate of drug-likeness (QED) is 0.511. The van der Waals surface area contributed by atoms with Gasteiger partial charge < -0.3 is 19.0 Å². The third-order valence-corrected chi connectivity index (χ3v) is 5.41. The zero-order valence-electron chi connectivity index (χ0n) is 18.4. The second-order valence-electron chi connectivity index (χ2n) is 8.49. The number of carbonyl (C=O) groups excluding carboxylic acids is 1. The first-order chi connectivity index (χ1) is 15.0. The molecule has 3 aromatic heterocycles. The average molecular weight is 423 g/mol. The van der Waals surface area contributed by atoms with Gasteiger partial charge in [-0.1, -0.05) is 19.8 Å². The largest absolute Gasteiger partial charge is 0.490 e. The minimum atomic E-state index is -0.371. The van der Waals surface area contributed by atoms with E-state index in [0.29, 0.717) is 11.3 Å². The minimum absolute atomic E-state index is 0.100. The molecule has 7 heteroatoms. The van der Waals surface area contributed by atoms with Crippen molar-refractivity contribution in [2.75, 3.05) is 5.32 Å². The van der Waals surface area contributed by atoms with Crippen molar-refractivity contribution in [3.8, 4) is 5.75 Å². The van der Waals surface area contributed by atoms with Gasteiger partial charge in [0.05, 0.1) is 17.4 Å². The number of fused-ring (bicyclic) bond motifs is 1. The highest BCUT2D eigenvalue weighted by molar-refractivity contribution is 6.06. The molecule has 0 bridgehead atoms. The van der Waals surface area contributed by atoms with E-state index in [0.717, 1.165) is 43.4 Å². The Hall–Kier alpha value is -3.09. The summed E-state index contributed by atoms with van der Waals surface area (Å²) in [6.07, 6.45) is 11.7. The van der Waals surface area contributed by atoms with Crippen molar-refractivity contribution >= 4 is 17.2 Å². The maximum atomic E-state index is 13.2. The van der Waals surface area contributed by atoms with Gasteiger partial charge in [-0.3, -0.25) is 9.59 Å². The summed E-state index contributed by atoms with van der Waals surface area (Å²) in [5, 5.41) is 2.79. The third-order valence-electron chi connectivity index (χ3n) is 5.41. The Morgan fingerprint density at radius 3 is 2.81 bits per heavy atom. The van der Waals surface area contributed by atoms with Crippen molar-refractivity contribution < 1.29 is 9.53 Å². The zero-order valence-corrected chi connectivity index (χ0v) is 18.4. The van der Waals surface area contributed by atoms with Gasteiger partial charge in [0.1, 0.15) is 17.1 Å². The molecule has 1 amide bonds. The van der Waals surface area contributed by atoms with E-state index in [1.807, 2.05) is 24.4 Å². The molecule has 1 aliphatic rings. The molecule has 1 fully saturated rings. The SMILES string of the molecule is CCCCCc1cn2cc(C(=O)Nc3cccn(C4CC4)c3=O)c(OC(C)C)cc2n1. The normalized spacial score (nSPS) is 13.7. The van der Waals surface area contributed by atoms with Gasteiger partial charge in [0.25, 0.3) is 11.5 Å². The number of carbonyl (C=O) groups is 1. The number of pyridine rings is 2. The molecule has 0 spiro atoms. The van der Waals surface area contributed by atoms with Gasteiger partial charge in [-0.05, 0) is 51.7 Å². The highest BCUT2D eigenvalue weighted by atomic mass is 16.5. The van der Waals surface area contributed by atoms with Crippen LogP contribution in [0.15, 0.2) is 41.6 Å². The lowest BCUT2D eigenvalue weighted by molar-refractivity contribution is 0.102. The van der Waals surface area contributed by atoms with Crippen molar-refractivity contribution in [2.24, 2.45) is 0 Å². The fourth-order valence-corrected chi connectivity index (χ4v) is 3.70. The smallest absolute Gasteiger partial charge is 0.274 e. The number of hydrogen-bond acceptors (Lipinski definition) is 4. The summed E-state index contributed by atoms with van der Waals surface area (Å²) in [5.74, 6) is 0.0913. The van der Waals surface area contributed by atoms with Crippen LogP contribution in [0.1, 0.15) is 75.0 Å². The number of nitrogens with zero attached hydrogens (tertiary/aromatic N) is 3. The van der Waals surface area contributed by atoms with E-state index in [1.165, 1.54) is 6.42 Å². The van der Waals surface area contributed by atoms with Gasteiger partial charge in [-0.25, -0.2) is 4.98 Å². The van der Waals surface area contributed by atoms with Crippen LogP contribution < -0.4 is 15.6 Å². The lowest BCUT2D eigenvalue weighted by Crippen LogP contribution is -2.25. The van der Waals surface area contributed by atoms with Crippen molar-refractivity contribution in [1.29, 1.82) is 0 Å². The number of amides is 1. The lowest BCUT2D eigenvalue weighted by Gasteiger charge is -2.15. The maximum absolute atomic E-state index is 13.2. The van der Waals surface area contributed by atoms with E-state index in [4.69, 9.17) is 4.74 Å². The topological polar surface area (TPSA) is 77.6 Å². The van der Waals surface area contributed by atoms with Crippen LogP contribution in [-0.4, -0.2) is 26.0 Å². The van der Waals surface area contributed by atoms with Gasteiger partial charge in [0, 0.05) is 30.7 Å². The van der Waals surface area contributed by atoms with E-state index in [-0.39, 0.29) is 29.3 Å². The van der Waals surface area contributed by atoms with Gasteiger partial charge in [-0.15, -0.1) is 0 Å². The minimum Gasteiger partial charge on any atom is -0.490 e. The molecule has 0 aromatic carbocycles. The van der Waals surface area contributed by atoms with Crippen LogP contribution in [0.4, 0.5) is 5.69 Å². The van der Waals surface area contributed by atoms with Crippen LogP contribution >= 0.6 is 0 Å². The summed E-state index contributed by atoms with van der Waals surface area (Å²) in [6, 6.07) is 5.48. The Kier molecular flexibility index (Phi) is 6.11. The molecule has 0 radical (unpaired) electrons. The first kappa shape index (κ1) is 21.2. The fraction of sp³-hybridized carbons (Fsp3) is 0.458. The standard InChI is InChI=1S/C24H30N4O3/c1-4-5-6-8-17-14-27-15-19(21(31-16(2)3)13-22(27)25-17)23(29)26-20-9-7-12-28(24(20)30)18-10-11-18/h7,9,12-16,18H,4-6,8,10-11H2,1-3H3,(H,26,29). The highest BCUT2D eigenvalue weighted by Crippen LogP contribution is 2.33. The number of rotatable bonds is 9. The molecule has 0 aliphatic heterocycles. The highest BCUT2D eigenvalue weighted by Gasteiger charge is 2.25. The summed E-state index contributed by atoms with van der Waals surface area (Å²) in [4.78, 5) is 30.6. The lowest BCUT2D eigenvalue weighted by atomic mass is 10.2. The number of hydrogen-bond donors (Lipinski definition) is 1. The van der Waals surface area contributed by atoms with Crippen LogP contribution in [0, 0.1) is 0 Å². The number of anilines is 1. The number of aryl methyl sites for hydroxylation is 1. The molecular formula is C24H30N4O3. The molecule has 0 saturated heterocycles. The average Bonchev–Trinajstić information content (AvgIpc) is 3.49. The molecule has 1 aliphatic carbocycles. The Balaban J connectivity index is 1.64. The summed E-state index contributed by atoms with van der Waals surface area (Å²) in [6.45, 7) is 6.01. The number of nitrogens with one attached hydrogen (secondary N) is 1. The van der Waals surface area contributed by atoms with E-state index >= 15 is 0 Å². The van der Waals surface area contributed by atoms with Crippen molar-refractivity contribution in [2.45, 2.75) is 71.4 Å². The van der Waals surface area contributed by atoms with E-state index < -0.39 is 0 Å². The first-order valence-electron chi connectivity index (χ1n) is 11.2. The summed E-state index contributed by atoms with van der Waals surface area (Å²) < 4.78 is 9.48. The van der Waals surface area contributed by atoms with Gasteiger partial charge in [0.2, 0.25) is 0 Å². The van der Waals surface area contributed by atoms with Gasteiger partial charge >= 0.3 is 0 Å². The molecule has 4 rings (SSSR count). The molecule has 3 aromatic rings. The predicted octanol–water partition coefficient (Wildman–Crippen LogP) is 4.60. The molecular weight excluding hydrogens is 392 g/mol. The van der Waals surface area contributed by atoms with Crippen molar-refractivity contribution in [3.63, 3.8) is 0 Å². The van der Waals surface area contributed by atoms with Crippen LogP contribution in [0.5, 0.6) is 5.75 Å². The third kappa shape index (κ3) is 4.81. The zero-order chi connectivity index (χ0) is 22.0. The Morgan fingerprint density at radius 2 is 2.10 bits per heavy atom. The van der Waals surface area contributed by atoms with Crippen LogP contribution in [0.2, 0.25) is 0 Å². The molecule has 164 valence electrons. The van der Waals surface area contributed by atoms with Gasteiger partial charge in [-0.2, -0.15) is 0 Å². The molecule has 3 heterocycles. The number of aromatic nitrogens is 3. The second-order valence-corrected chi connectivity index (χ2v) is 8.49. The molecule has 1 saturated carbocycles. The molecule has 1 N–H and O–H groups in total. The number of ether oxygens (including phenoxy) is 1. The number of unbranched alkanes of at least 4 members (excludes halogenated alkanes) is 2. The Morgan fingerprint density at radius 1 is 1.29 bits per heavy atom. The molecule has 7 nitrogen and oxygen atoms in total. The monoisotopic (exact) mass is 422 g/mol. The Bertz CT molecular complexity index is 1140. The van der Waals surface area contributed by atoms with E-state index in [1.54, 1.807) is 35.2 Å². The Labute approximate surface area is 182 Å². The summed E-state index contributed by atoms with van der Waals surface area (Å²) in [7, 11) is 0. The van der Waals surface area contributed by atoms with Crippen molar-refractivity contribution in [1.82, 2.24) is 14.0 Å². The van der Waals surface area contributed by atoms with E-state index in [9.17, 15) is 9.59 Å². The number of imidazole rings is 1. The molecule has 0 unspecified atom stereocenters. The molecule has 31 heavy (non-hydrogen) atoms. The summed E-state index contributed by atoms with van der Waals surface area (Å²) >= 11 is 0.